The number of amides is 6. The van der Waals surface area contributed by atoms with Gasteiger partial charge in [0.05, 0.1) is 11.1 Å². The molecule has 4 atom stereocenters. The molecule has 4 aromatic carbocycles. The molecule has 4 aliphatic heterocycles. The third kappa shape index (κ3) is 7.33. The zero-order valence-electron chi connectivity index (χ0n) is 34.0. The maximum absolute atomic E-state index is 16.2. The highest BCUT2D eigenvalue weighted by Gasteiger charge is 2.72. The lowest BCUT2D eigenvalue weighted by atomic mass is 9.55. The first-order valence-corrected chi connectivity index (χ1v) is 21.9. The molecule has 3 fully saturated rings. The SMILES string of the molecule is O=C1CCC(N2Cc3c(C#CCCCNC(=O)c4ccc(NC(=O)[C@H]5NC6(CCCCC6)[C@]6(C(=O)Nc7cc(Cl)ccc76)[C@@H]5c5cccc(Cl)c5F)cc4)cccc3C2=O)C(=O)N1. The van der Waals surface area contributed by atoms with E-state index in [1.807, 2.05) is 6.07 Å². The van der Waals surface area contributed by atoms with Crippen molar-refractivity contribution in [3.63, 3.8) is 0 Å². The molecule has 1 unspecified atom stereocenters. The number of imide groups is 1. The minimum atomic E-state index is -1.36. The lowest BCUT2D eigenvalue weighted by Gasteiger charge is -2.47. The van der Waals surface area contributed by atoms with Gasteiger partial charge in [-0.2, -0.15) is 0 Å². The van der Waals surface area contributed by atoms with E-state index < -0.39 is 46.6 Å². The number of rotatable bonds is 8. The molecule has 0 radical (unpaired) electrons. The molecule has 1 aliphatic carbocycles. The highest BCUT2D eigenvalue weighted by atomic mass is 35.5. The molecule has 9 rings (SSSR count). The van der Waals surface area contributed by atoms with Crippen molar-refractivity contribution in [1.82, 2.24) is 20.9 Å². The van der Waals surface area contributed by atoms with Gasteiger partial charge < -0.3 is 20.9 Å². The second kappa shape index (κ2) is 16.9. The third-order valence-corrected chi connectivity index (χ3v) is 13.8. The van der Waals surface area contributed by atoms with Crippen LogP contribution in [0, 0.1) is 17.7 Å². The van der Waals surface area contributed by atoms with Gasteiger partial charge in [0.1, 0.15) is 17.3 Å². The van der Waals surface area contributed by atoms with E-state index in [1.165, 1.54) is 11.0 Å². The van der Waals surface area contributed by atoms with Crippen LogP contribution in [0.25, 0.3) is 0 Å². The van der Waals surface area contributed by atoms with Crippen LogP contribution in [0.3, 0.4) is 0 Å². The van der Waals surface area contributed by atoms with Crippen LogP contribution in [0.1, 0.15) is 107 Å². The van der Waals surface area contributed by atoms with Gasteiger partial charge in [0.15, 0.2) is 0 Å². The molecule has 6 amide bonds. The van der Waals surface area contributed by atoms with E-state index in [9.17, 15) is 28.8 Å². The lowest BCUT2D eigenvalue weighted by molar-refractivity contribution is -0.137. The summed E-state index contributed by atoms with van der Waals surface area (Å²) in [6.07, 6.45) is 5.25. The molecular weight excluding hydrogens is 846 g/mol. The van der Waals surface area contributed by atoms with Crippen LogP contribution in [0.5, 0.6) is 0 Å². The van der Waals surface area contributed by atoms with E-state index in [0.29, 0.717) is 70.9 Å². The zero-order chi connectivity index (χ0) is 44.0. The molecule has 15 heteroatoms. The maximum atomic E-state index is 16.2. The van der Waals surface area contributed by atoms with Gasteiger partial charge in [-0.3, -0.25) is 39.4 Å². The molecule has 4 heterocycles. The zero-order valence-corrected chi connectivity index (χ0v) is 35.6. The summed E-state index contributed by atoms with van der Waals surface area (Å²) in [5.74, 6) is 2.42. The van der Waals surface area contributed by atoms with E-state index in [4.69, 9.17) is 23.2 Å². The fourth-order valence-corrected chi connectivity index (χ4v) is 10.8. The maximum Gasteiger partial charge on any atom is 0.255 e. The first-order chi connectivity index (χ1) is 30.4. The van der Waals surface area contributed by atoms with Gasteiger partial charge >= 0.3 is 0 Å². The predicted octanol–water partition coefficient (Wildman–Crippen LogP) is 6.74. The van der Waals surface area contributed by atoms with Crippen LogP contribution < -0.4 is 26.6 Å². The summed E-state index contributed by atoms with van der Waals surface area (Å²) >= 11 is 12.8. The Hall–Kier alpha value is -6.07. The number of unbranched alkanes of at least 4 members (excludes halogenated alkanes) is 1. The van der Waals surface area contributed by atoms with Crippen LogP contribution in [-0.4, -0.2) is 64.5 Å². The Labute approximate surface area is 373 Å². The summed E-state index contributed by atoms with van der Waals surface area (Å²) in [7, 11) is 0. The molecule has 2 spiro atoms. The first kappa shape index (κ1) is 42.2. The van der Waals surface area contributed by atoms with Gasteiger partial charge in [0.2, 0.25) is 23.6 Å². The number of carbonyl (C=O) groups excluding carboxylic acids is 6. The Kier molecular flexibility index (Phi) is 11.3. The average Bonchev–Trinajstić information content (AvgIpc) is 3.87. The van der Waals surface area contributed by atoms with Gasteiger partial charge in [-0.25, -0.2) is 4.39 Å². The summed E-state index contributed by atoms with van der Waals surface area (Å²) in [5, 5.41) is 15.2. The lowest BCUT2D eigenvalue weighted by Crippen LogP contribution is -2.60. The minimum Gasteiger partial charge on any atom is -0.352 e. The van der Waals surface area contributed by atoms with Gasteiger partial charge in [-0.05, 0) is 97.0 Å². The molecule has 4 aromatic rings. The van der Waals surface area contributed by atoms with Crippen LogP contribution in [-0.2, 0) is 31.1 Å². The van der Waals surface area contributed by atoms with E-state index in [-0.39, 0.29) is 53.6 Å². The largest absolute Gasteiger partial charge is 0.352 e. The van der Waals surface area contributed by atoms with Crippen LogP contribution in [0.4, 0.5) is 15.8 Å². The van der Waals surface area contributed by atoms with Gasteiger partial charge in [-0.1, -0.05) is 78.6 Å². The molecule has 1 saturated carbocycles. The van der Waals surface area contributed by atoms with Crippen LogP contribution in [0.2, 0.25) is 10.0 Å². The monoisotopic (exact) mass is 888 g/mol. The molecule has 63 heavy (non-hydrogen) atoms. The summed E-state index contributed by atoms with van der Waals surface area (Å²) in [4.78, 5) is 80.9. The minimum absolute atomic E-state index is 0.113. The number of hydrogen-bond donors (Lipinski definition) is 5. The Morgan fingerprint density at radius 2 is 1.70 bits per heavy atom. The fraction of sp³-hybridized carbons (Fsp3) is 0.333. The topological polar surface area (TPSA) is 166 Å². The van der Waals surface area contributed by atoms with Crippen molar-refractivity contribution in [2.75, 3.05) is 17.2 Å². The molecule has 5 aliphatic rings. The molecule has 12 nitrogen and oxygen atoms in total. The second-order valence-electron chi connectivity index (χ2n) is 16.8. The van der Waals surface area contributed by atoms with E-state index in [2.05, 4.69) is 38.4 Å². The van der Waals surface area contributed by atoms with Crippen molar-refractivity contribution < 1.29 is 33.2 Å². The third-order valence-electron chi connectivity index (χ3n) is 13.3. The smallest absolute Gasteiger partial charge is 0.255 e. The van der Waals surface area contributed by atoms with E-state index in [1.54, 1.807) is 66.7 Å². The number of nitrogens with zero attached hydrogens (tertiary/aromatic N) is 1. The predicted molar refractivity (Wildman–Crippen MR) is 235 cm³/mol. The van der Waals surface area contributed by atoms with Crippen molar-refractivity contribution in [1.29, 1.82) is 0 Å². The Morgan fingerprint density at radius 1 is 0.921 bits per heavy atom. The summed E-state index contributed by atoms with van der Waals surface area (Å²) in [6.45, 7) is 0.581. The second-order valence-corrected chi connectivity index (χ2v) is 17.6. The van der Waals surface area contributed by atoms with Crippen molar-refractivity contribution in [3.8, 4) is 11.8 Å². The Morgan fingerprint density at radius 3 is 2.48 bits per heavy atom. The highest BCUT2D eigenvalue weighted by Crippen LogP contribution is 2.63. The number of nitrogens with one attached hydrogen (secondary N) is 5. The number of anilines is 2. The van der Waals surface area contributed by atoms with Gasteiger partial charge in [0, 0.05) is 70.5 Å². The molecule has 0 bridgehead atoms. The summed E-state index contributed by atoms with van der Waals surface area (Å²) < 4.78 is 16.2. The van der Waals surface area contributed by atoms with E-state index in [0.717, 1.165) is 24.8 Å². The van der Waals surface area contributed by atoms with Crippen molar-refractivity contribution in [2.45, 2.75) is 93.3 Å². The Bertz CT molecular complexity index is 2660. The molecule has 2 saturated heterocycles. The Balaban J connectivity index is 0.860. The van der Waals surface area contributed by atoms with Crippen molar-refractivity contribution in [3.05, 3.63) is 128 Å². The van der Waals surface area contributed by atoms with Crippen LogP contribution >= 0.6 is 23.2 Å². The summed E-state index contributed by atoms with van der Waals surface area (Å²) in [6, 6.07) is 19.9. The molecule has 0 aromatic heterocycles. The normalized spacial score (nSPS) is 23.2. The van der Waals surface area contributed by atoms with Crippen LogP contribution in [0.15, 0.2) is 78.9 Å². The number of fused-ring (bicyclic) bond motifs is 4. The highest BCUT2D eigenvalue weighted by molar-refractivity contribution is 6.31. The number of hydrogen-bond acceptors (Lipinski definition) is 7. The number of piperidine rings is 1. The quantitative estimate of drug-likeness (QED) is 0.0743. The molecule has 322 valence electrons. The fourth-order valence-electron chi connectivity index (χ4n) is 10.5. The number of halogens is 3. The van der Waals surface area contributed by atoms with Gasteiger partial charge in [0.25, 0.3) is 11.8 Å². The van der Waals surface area contributed by atoms with Gasteiger partial charge in [-0.15, -0.1) is 0 Å². The standard InChI is InChI=1S/C48H43Cl2FN6O6/c49-29-16-19-34-36(25-29)54-46(63)48(34)39(32-12-8-13-35(50)40(32)51)41(56-47(48)22-4-2-5-23-47)44(61)53-30-17-14-28(15-18-30)42(59)52-24-6-1-3-9-27-10-7-11-31-33(27)26-57(45(31)62)37-20-21-38(58)55-43(37)60/h7-8,10-19,25,37,39,41,56H,1-2,4-6,20-24,26H2,(H,52,59)(H,53,61)(H,54,63)(H,55,58,60)/t37?,39-,41+,48+/m1/s1. The van der Waals surface area contributed by atoms with Crippen molar-refractivity contribution >= 4 is 70.0 Å². The van der Waals surface area contributed by atoms with E-state index >= 15 is 4.39 Å². The average molecular weight is 890 g/mol. The molecular formula is C48H43Cl2FN6O6. The number of carbonyl (C=O) groups is 6. The van der Waals surface area contributed by atoms with Crippen molar-refractivity contribution in [2.24, 2.45) is 0 Å². The number of benzene rings is 4. The first-order valence-electron chi connectivity index (χ1n) is 21.2. The summed E-state index contributed by atoms with van der Waals surface area (Å²) in [5.41, 5.74) is 1.82. The molecule has 5 N–H and O–H groups in total.